The molecule has 1 atom stereocenters. The molecule has 0 saturated heterocycles. The number of benzene rings is 2. The van der Waals surface area contributed by atoms with Gasteiger partial charge in [0, 0.05) is 23.2 Å². The van der Waals surface area contributed by atoms with E-state index in [1.165, 1.54) is 6.92 Å². The Morgan fingerprint density at radius 2 is 1.71 bits per heavy atom. The lowest BCUT2D eigenvalue weighted by Gasteiger charge is -2.20. The Labute approximate surface area is 174 Å². The van der Waals surface area contributed by atoms with Crippen LogP contribution in [0.5, 0.6) is 0 Å². The van der Waals surface area contributed by atoms with E-state index in [0.29, 0.717) is 5.69 Å². The Balaban J connectivity index is 1.90. The van der Waals surface area contributed by atoms with Crippen LogP contribution in [0.1, 0.15) is 26.3 Å². The molecule has 1 unspecified atom stereocenters. The van der Waals surface area contributed by atoms with E-state index in [1.807, 2.05) is 36.4 Å². The zero-order chi connectivity index (χ0) is 20.5. The maximum atomic E-state index is 12.2. The number of hydrogen-bond acceptors (Lipinski definition) is 4. The summed E-state index contributed by atoms with van der Waals surface area (Å²) in [7, 11) is 0. The van der Waals surface area contributed by atoms with Crippen molar-refractivity contribution < 1.29 is 9.59 Å². The summed E-state index contributed by atoms with van der Waals surface area (Å²) in [5.41, 5.74) is 5.04. The first-order valence-electron chi connectivity index (χ1n) is 9.19. The van der Waals surface area contributed by atoms with Crippen molar-refractivity contribution in [2.24, 2.45) is 11.0 Å². The second kappa shape index (κ2) is 10.6. The van der Waals surface area contributed by atoms with Gasteiger partial charge in [-0.25, -0.2) is 5.43 Å². The predicted octanol–water partition coefficient (Wildman–Crippen LogP) is 4.02. The molecule has 0 heterocycles. The topological polar surface area (TPSA) is 73.8 Å². The molecule has 0 radical (unpaired) electrons. The summed E-state index contributed by atoms with van der Waals surface area (Å²) in [6, 6.07) is 15.1. The maximum Gasteiger partial charge on any atom is 0.252 e. The predicted molar refractivity (Wildman–Crippen MR) is 118 cm³/mol. The van der Waals surface area contributed by atoms with E-state index in [0.717, 1.165) is 28.8 Å². The third-order valence-electron chi connectivity index (χ3n) is 4.33. The first kappa shape index (κ1) is 21.6. The fourth-order valence-corrected chi connectivity index (χ4v) is 2.93. The molecule has 0 aliphatic carbocycles. The van der Waals surface area contributed by atoms with Crippen molar-refractivity contribution in [1.29, 1.82) is 0 Å². The number of rotatable bonds is 8. The van der Waals surface area contributed by atoms with Crippen LogP contribution in [-0.2, 0) is 9.59 Å². The number of anilines is 2. The minimum atomic E-state index is -0.880. The van der Waals surface area contributed by atoms with Gasteiger partial charge in [-0.15, -0.1) is 0 Å². The van der Waals surface area contributed by atoms with Gasteiger partial charge in [-0.3, -0.25) is 9.59 Å². The average Bonchev–Trinajstić information content (AvgIpc) is 2.71. The van der Waals surface area contributed by atoms with Gasteiger partial charge in [0.05, 0.1) is 11.9 Å². The molecule has 0 aliphatic heterocycles. The third-order valence-corrected chi connectivity index (χ3v) is 5.02. The standard InChI is InChI=1S/C21H25BrN4O2/c1-4-26(5-2)17-12-10-16(11-13-17)14-23-25-21(28)15(3)20(27)24-19-9-7-6-8-18(19)22/h6-15H,4-5H2,1-3H3,(H,24,27)(H,25,28). The summed E-state index contributed by atoms with van der Waals surface area (Å²) in [5, 5.41) is 6.68. The molecule has 0 saturated carbocycles. The number of amides is 2. The molecular formula is C21H25BrN4O2. The Hall–Kier alpha value is -2.67. The number of para-hydroxylation sites is 1. The molecule has 6 nitrogen and oxygen atoms in total. The van der Waals surface area contributed by atoms with E-state index >= 15 is 0 Å². The van der Waals surface area contributed by atoms with Crippen LogP contribution in [0.15, 0.2) is 58.1 Å². The van der Waals surface area contributed by atoms with Crippen LogP contribution in [0.25, 0.3) is 0 Å². The van der Waals surface area contributed by atoms with Crippen LogP contribution in [0.4, 0.5) is 11.4 Å². The van der Waals surface area contributed by atoms with Gasteiger partial charge in [-0.1, -0.05) is 24.3 Å². The number of carbonyl (C=O) groups excluding carboxylic acids is 2. The molecule has 0 spiro atoms. The Morgan fingerprint density at radius 1 is 1.07 bits per heavy atom. The molecule has 28 heavy (non-hydrogen) atoms. The lowest BCUT2D eigenvalue weighted by molar-refractivity contribution is -0.131. The molecule has 0 fully saturated rings. The van der Waals surface area contributed by atoms with E-state index in [-0.39, 0.29) is 0 Å². The number of halogens is 1. The molecule has 2 N–H and O–H groups in total. The smallest absolute Gasteiger partial charge is 0.252 e. The molecule has 2 rings (SSSR count). The SMILES string of the molecule is CCN(CC)c1ccc(C=NNC(=O)C(C)C(=O)Nc2ccccc2Br)cc1. The van der Waals surface area contributed by atoms with Crippen molar-refractivity contribution in [3.63, 3.8) is 0 Å². The lowest BCUT2D eigenvalue weighted by Crippen LogP contribution is -2.34. The Kier molecular flexibility index (Phi) is 8.19. The van der Waals surface area contributed by atoms with Gasteiger partial charge in [-0.2, -0.15) is 5.10 Å². The molecular weight excluding hydrogens is 420 g/mol. The van der Waals surface area contributed by atoms with Crippen LogP contribution in [0.2, 0.25) is 0 Å². The first-order valence-corrected chi connectivity index (χ1v) is 9.98. The van der Waals surface area contributed by atoms with Gasteiger partial charge >= 0.3 is 0 Å². The van der Waals surface area contributed by atoms with Gasteiger partial charge < -0.3 is 10.2 Å². The third kappa shape index (κ3) is 5.92. The highest BCUT2D eigenvalue weighted by Crippen LogP contribution is 2.21. The molecule has 2 aromatic rings. The van der Waals surface area contributed by atoms with Gasteiger partial charge in [0.1, 0.15) is 5.92 Å². The number of hydrazone groups is 1. The summed E-state index contributed by atoms with van der Waals surface area (Å²) in [5.74, 6) is -1.75. The normalized spacial score (nSPS) is 11.9. The molecule has 0 bridgehead atoms. The van der Waals surface area contributed by atoms with E-state index in [2.05, 4.69) is 50.5 Å². The number of carbonyl (C=O) groups is 2. The number of nitrogens with one attached hydrogen (secondary N) is 2. The van der Waals surface area contributed by atoms with E-state index in [1.54, 1.807) is 18.3 Å². The summed E-state index contributed by atoms with van der Waals surface area (Å²) in [4.78, 5) is 26.7. The van der Waals surface area contributed by atoms with Crippen molar-refractivity contribution >= 4 is 45.3 Å². The van der Waals surface area contributed by atoms with E-state index < -0.39 is 17.7 Å². The van der Waals surface area contributed by atoms with Crippen LogP contribution in [-0.4, -0.2) is 31.1 Å². The van der Waals surface area contributed by atoms with Gasteiger partial charge in [0.15, 0.2) is 0 Å². The van der Waals surface area contributed by atoms with Crippen molar-refractivity contribution in [2.45, 2.75) is 20.8 Å². The van der Waals surface area contributed by atoms with Gasteiger partial charge in [-0.05, 0) is 66.5 Å². The highest BCUT2D eigenvalue weighted by Gasteiger charge is 2.21. The fourth-order valence-electron chi connectivity index (χ4n) is 2.55. The maximum absolute atomic E-state index is 12.2. The fraction of sp³-hybridized carbons (Fsp3) is 0.286. The van der Waals surface area contributed by atoms with Gasteiger partial charge in [0.25, 0.3) is 5.91 Å². The van der Waals surface area contributed by atoms with Crippen LogP contribution >= 0.6 is 15.9 Å². The van der Waals surface area contributed by atoms with Gasteiger partial charge in [0.2, 0.25) is 5.91 Å². The van der Waals surface area contributed by atoms with Crippen molar-refractivity contribution in [1.82, 2.24) is 5.43 Å². The Bertz CT molecular complexity index is 833. The second-order valence-corrected chi connectivity index (χ2v) is 7.04. The summed E-state index contributed by atoms with van der Waals surface area (Å²) >= 11 is 3.36. The average molecular weight is 445 g/mol. The van der Waals surface area contributed by atoms with Crippen LogP contribution in [0.3, 0.4) is 0 Å². The molecule has 2 amide bonds. The largest absolute Gasteiger partial charge is 0.372 e. The van der Waals surface area contributed by atoms with E-state index in [9.17, 15) is 9.59 Å². The number of nitrogens with zero attached hydrogens (tertiary/aromatic N) is 2. The molecule has 7 heteroatoms. The second-order valence-electron chi connectivity index (χ2n) is 6.19. The van der Waals surface area contributed by atoms with Crippen LogP contribution in [0, 0.1) is 5.92 Å². The summed E-state index contributed by atoms with van der Waals surface area (Å²) in [6.45, 7) is 7.65. The zero-order valence-corrected chi connectivity index (χ0v) is 17.9. The molecule has 2 aromatic carbocycles. The molecule has 0 aromatic heterocycles. The first-order chi connectivity index (χ1) is 13.5. The van der Waals surface area contributed by atoms with Crippen molar-refractivity contribution in [2.75, 3.05) is 23.3 Å². The zero-order valence-electron chi connectivity index (χ0n) is 16.3. The molecule has 148 valence electrons. The van der Waals surface area contributed by atoms with E-state index in [4.69, 9.17) is 0 Å². The minimum absolute atomic E-state index is 0.400. The lowest BCUT2D eigenvalue weighted by atomic mass is 10.1. The van der Waals surface area contributed by atoms with Crippen LogP contribution < -0.4 is 15.6 Å². The highest BCUT2D eigenvalue weighted by atomic mass is 79.9. The number of hydrogen-bond donors (Lipinski definition) is 2. The summed E-state index contributed by atoms with van der Waals surface area (Å²) < 4.78 is 0.752. The van der Waals surface area contributed by atoms with Crippen molar-refractivity contribution in [3.8, 4) is 0 Å². The van der Waals surface area contributed by atoms with Crippen molar-refractivity contribution in [3.05, 3.63) is 58.6 Å². The highest BCUT2D eigenvalue weighted by molar-refractivity contribution is 9.10. The quantitative estimate of drug-likeness (QED) is 0.366. The summed E-state index contributed by atoms with van der Waals surface area (Å²) in [6.07, 6.45) is 1.56. The monoisotopic (exact) mass is 444 g/mol. The minimum Gasteiger partial charge on any atom is -0.372 e. The molecule has 0 aliphatic rings. The Morgan fingerprint density at radius 3 is 2.32 bits per heavy atom.